The number of aliphatic carboxylic acids is 1. The number of carboxylic acids is 1. The molecular formula is C16H23NO4. The molecule has 1 aromatic rings. The van der Waals surface area contributed by atoms with Crippen LogP contribution in [0.4, 0.5) is 0 Å². The average molecular weight is 293 g/mol. The van der Waals surface area contributed by atoms with Crippen LogP contribution in [0.2, 0.25) is 0 Å². The monoisotopic (exact) mass is 293 g/mol. The van der Waals surface area contributed by atoms with E-state index in [0.717, 1.165) is 11.1 Å². The van der Waals surface area contributed by atoms with Gasteiger partial charge < -0.3 is 15.2 Å². The first-order chi connectivity index (χ1) is 9.86. The van der Waals surface area contributed by atoms with Crippen molar-refractivity contribution >= 4 is 11.9 Å². The van der Waals surface area contributed by atoms with Gasteiger partial charge in [0.2, 0.25) is 5.91 Å². The molecule has 1 unspecified atom stereocenters. The highest BCUT2D eigenvalue weighted by Gasteiger charge is 2.29. The third kappa shape index (κ3) is 5.95. The quantitative estimate of drug-likeness (QED) is 0.768. The van der Waals surface area contributed by atoms with Gasteiger partial charge in [0, 0.05) is 13.5 Å². The first-order valence-electron chi connectivity index (χ1n) is 6.92. The molecule has 0 aliphatic rings. The van der Waals surface area contributed by atoms with Gasteiger partial charge in [-0.2, -0.15) is 0 Å². The smallest absolute Gasteiger partial charge is 0.305 e. The molecule has 0 aliphatic carbocycles. The molecule has 0 saturated heterocycles. The summed E-state index contributed by atoms with van der Waals surface area (Å²) in [5.41, 5.74) is 1.39. The number of amides is 1. The fraction of sp³-hybridized carbons (Fsp3) is 0.500. The van der Waals surface area contributed by atoms with E-state index in [4.69, 9.17) is 9.84 Å². The summed E-state index contributed by atoms with van der Waals surface area (Å²) in [6, 6.07) is 7.90. The maximum atomic E-state index is 12.0. The van der Waals surface area contributed by atoms with Gasteiger partial charge in [0.05, 0.1) is 18.6 Å². The number of hydrogen-bond donors (Lipinski definition) is 2. The third-order valence-corrected chi connectivity index (χ3v) is 3.33. The Bertz CT molecular complexity index is 501. The fourth-order valence-corrected chi connectivity index (χ4v) is 2.32. The molecule has 2 N–H and O–H groups in total. The van der Waals surface area contributed by atoms with Crippen LogP contribution in [0.25, 0.3) is 0 Å². The highest BCUT2D eigenvalue weighted by Crippen LogP contribution is 2.13. The predicted octanol–water partition coefficient (Wildman–Crippen LogP) is 1.92. The molecule has 0 radical (unpaired) electrons. The number of carbonyl (C=O) groups excluding carboxylic acids is 1. The van der Waals surface area contributed by atoms with Gasteiger partial charge in [-0.25, -0.2) is 0 Å². The highest BCUT2D eigenvalue weighted by atomic mass is 16.5. The molecular weight excluding hydrogens is 270 g/mol. The van der Waals surface area contributed by atoms with E-state index in [1.807, 2.05) is 31.2 Å². The highest BCUT2D eigenvalue weighted by molar-refractivity contribution is 5.78. The van der Waals surface area contributed by atoms with Gasteiger partial charge in [-0.3, -0.25) is 9.59 Å². The number of carboxylic acid groups (broad SMARTS) is 1. The van der Waals surface area contributed by atoms with Crippen molar-refractivity contribution in [3.05, 3.63) is 35.4 Å². The number of nitrogens with one attached hydrogen (secondary N) is 1. The molecule has 116 valence electrons. The molecule has 1 aromatic carbocycles. The van der Waals surface area contributed by atoms with Crippen LogP contribution in [-0.2, 0) is 20.7 Å². The standard InChI is InChI=1S/C16H23NO4/c1-12-6-4-5-7-13(12)8-9-14(18)17-16(2,11-21-3)10-15(19)20/h4-7H,8-11H2,1-3H3,(H,17,18)(H,19,20). The van der Waals surface area contributed by atoms with E-state index in [1.165, 1.54) is 7.11 Å². The molecule has 0 aromatic heterocycles. The lowest BCUT2D eigenvalue weighted by Gasteiger charge is -2.28. The van der Waals surface area contributed by atoms with Crippen LogP contribution in [-0.4, -0.2) is 36.2 Å². The van der Waals surface area contributed by atoms with Gasteiger partial charge in [0.25, 0.3) is 0 Å². The van der Waals surface area contributed by atoms with E-state index < -0.39 is 11.5 Å². The molecule has 0 bridgehead atoms. The summed E-state index contributed by atoms with van der Waals surface area (Å²) >= 11 is 0. The SMILES string of the molecule is COCC(C)(CC(=O)O)NC(=O)CCc1ccccc1C. The maximum absolute atomic E-state index is 12.0. The first-order valence-corrected chi connectivity index (χ1v) is 6.92. The van der Waals surface area contributed by atoms with Crippen LogP contribution in [0.1, 0.15) is 30.9 Å². The topological polar surface area (TPSA) is 75.6 Å². The molecule has 1 amide bonds. The number of rotatable bonds is 8. The van der Waals surface area contributed by atoms with Crippen LogP contribution in [0.5, 0.6) is 0 Å². The molecule has 0 aliphatic heterocycles. The van der Waals surface area contributed by atoms with Crippen LogP contribution >= 0.6 is 0 Å². The first kappa shape index (κ1) is 17.2. The van der Waals surface area contributed by atoms with Gasteiger partial charge >= 0.3 is 5.97 Å². The van der Waals surface area contributed by atoms with Crippen molar-refractivity contribution in [2.75, 3.05) is 13.7 Å². The number of benzene rings is 1. The second-order valence-corrected chi connectivity index (χ2v) is 5.54. The molecule has 21 heavy (non-hydrogen) atoms. The van der Waals surface area contributed by atoms with Crippen molar-refractivity contribution < 1.29 is 19.4 Å². The van der Waals surface area contributed by atoms with Gasteiger partial charge in [0.15, 0.2) is 0 Å². The largest absolute Gasteiger partial charge is 0.481 e. The molecule has 0 saturated carbocycles. The Balaban J connectivity index is 2.58. The lowest BCUT2D eigenvalue weighted by atomic mass is 9.98. The minimum atomic E-state index is -0.964. The van der Waals surface area contributed by atoms with Crippen molar-refractivity contribution in [1.29, 1.82) is 0 Å². The minimum Gasteiger partial charge on any atom is -0.481 e. The van der Waals surface area contributed by atoms with E-state index >= 15 is 0 Å². The van der Waals surface area contributed by atoms with Crippen molar-refractivity contribution in [3.63, 3.8) is 0 Å². The zero-order valence-electron chi connectivity index (χ0n) is 12.8. The molecule has 1 atom stereocenters. The number of methoxy groups -OCH3 is 1. The summed E-state index contributed by atoms with van der Waals surface area (Å²) in [6.45, 7) is 3.85. The second kappa shape index (κ2) is 7.78. The van der Waals surface area contributed by atoms with Gasteiger partial charge in [-0.05, 0) is 31.4 Å². The lowest BCUT2D eigenvalue weighted by molar-refractivity contribution is -0.139. The zero-order valence-corrected chi connectivity index (χ0v) is 12.8. The summed E-state index contributed by atoms with van der Waals surface area (Å²) in [7, 11) is 1.49. The number of aryl methyl sites for hydroxylation is 2. The van der Waals surface area contributed by atoms with E-state index in [0.29, 0.717) is 12.8 Å². The predicted molar refractivity (Wildman–Crippen MR) is 80.2 cm³/mol. The Labute approximate surface area is 125 Å². The minimum absolute atomic E-state index is 0.162. The van der Waals surface area contributed by atoms with E-state index in [2.05, 4.69) is 5.32 Å². The average Bonchev–Trinajstić information content (AvgIpc) is 2.36. The van der Waals surface area contributed by atoms with Gasteiger partial charge in [-0.1, -0.05) is 24.3 Å². The molecule has 0 spiro atoms. The van der Waals surface area contributed by atoms with Crippen molar-refractivity contribution in [2.45, 2.75) is 38.6 Å². The summed E-state index contributed by atoms with van der Waals surface area (Å²) in [5, 5.41) is 11.7. The number of hydrogen-bond acceptors (Lipinski definition) is 3. The van der Waals surface area contributed by atoms with Gasteiger partial charge in [0.1, 0.15) is 0 Å². The van der Waals surface area contributed by atoms with Crippen molar-refractivity contribution in [2.24, 2.45) is 0 Å². The number of ether oxygens (including phenoxy) is 1. The van der Waals surface area contributed by atoms with Gasteiger partial charge in [-0.15, -0.1) is 0 Å². The maximum Gasteiger partial charge on any atom is 0.305 e. The molecule has 0 heterocycles. The van der Waals surface area contributed by atoms with E-state index in [-0.39, 0.29) is 18.9 Å². The summed E-state index contributed by atoms with van der Waals surface area (Å²) in [5.74, 6) is -1.13. The summed E-state index contributed by atoms with van der Waals surface area (Å²) < 4.78 is 5.01. The molecule has 5 heteroatoms. The normalized spacial score (nSPS) is 13.5. The lowest BCUT2D eigenvalue weighted by Crippen LogP contribution is -2.50. The summed E-state index contributed by atoms with van der Waals surface area (Å²) in [4.78, 5) is 22.9. The number of carbonyl (C=O) groups is 2. The molecule has 5 nitrogen and oxygen atoms in total. The Morgan fingerprint density at radius 2 is 2.00 bits per heavy atom. The molecule has 1 rings (SSSR count). The Morgan fingerprint density at radius 3 is 2.57 bits per heavy atom. The summed E-state index contributed by atoms with van der Waals surface area (Å²) in [6.07, 6.45) is 0.787. The third-order valence-electron chi connectivity index (χ3n) is 3.33. The van der Waals surface area contributed by atoms with Crippen LogP contribution in [0.15, 0.2) is 24.3 Å². The van der Waals surface area contributed by atoms with Crippen molar-refractivity contribution in [1.82, 2.24) is 5.32 Å². The van der Waals surface area contributed by atoms with Crippen LogP contribution in [0.3, 0.4) is 0 Å². The Kier molecular flexibility index (Phi) is 6.37. The van der Waals surface area contributed by atoms with E-state index in [9.17, 15) is 9.59 Å². The van der Waals surface area contributed by atoms with E-state index in [1.54, 1.807) is 6.92 Å². The zero-order chi connectivity index (χ0) is 15.9. The second-order valence-electron chi connectivity index (χ2n) is 5.54. The Morgan fingerprint density at radius 1 is 1.33 bits per heavy atom. The Hall–Kier alpha value is -1.88. The fourth-order valence-electron chi connectivity index (χ4n) is 2.32. The van der Waals surface area contributed by atoms with Crippen LogP contribution in [0, 0.1) is 6.92 Å². The van der Waals surface area contributed by atoms with Crippen LogP contribution < -0.4 is 5.32 Å². The molecule has 0 fully saturated rings. The van der Waals surface area contributed by atoms with Crippen molar-refractivity contribution in [3.8, 4) is 0 Å².